The van der Waals surface area contributed by atoms with Gasteiger partial charge in [-0.05, 0) is 30.2 Å². The van der Waals surface area contributed by atoms with Gasteiger partial charge in [-0.1, -0.05) is 24.3 Å². The van der Waals surface area contributed by atoms with E-state index in [1.165, 1.54) is 20.3 Å². The number of amides is 1. The van der Waals surface area contributed by atoms with E-state index in [0.29, 0.717) is 22.6 Å². The standard InChI is InChI=1S/C30H27F2N5O8S2/c1-17(20-6-4-5-7-21(20)30(32)14-35(15-30)28(38)39)37-23-11-22(31)26(12-25(23)45-29(37)40)47(41,42)36(27-33-16-34-46-27)13-18-8-9-19(43-2)10-24(18)44-3/h4-12,16-17H,13-15H2,1-3H3,(H,38,39). The highest BCUT2D eigenvalue weighted by Crippen LogP contribution is 2.41. The van der Waals surface area contributed by atoms with Crippen LogP contribution in [0.5, 0.6) is 11.5 Å². The first-order valence-corrected chi connectivity index (χ1v) is 16.2. The number of anilines is 1. The first kappa shape index (κ1) is 31.9. The third-order valence-corrected chi connectivity index (χ3v) is 10.6. The van der Waals surface area contributed by atoms with Gasteiger partial charge in [-0.25, -0.2) is 36.1 Å². The van der Waals surface area contributed by atoms with Crippen molar-refractivity contribution in [2.24, 2.45) is 0 Å². The maximum absolute atomic E-state index is 15.9. The van der Waals surface area contributed by atoms with Crippen molar-refractivity contribution in [1.82, 2.24) is 18.8 Å². The molecule has 0 radical (unpaired) electrons. The topological polar surface area (TPSA) is 157 Å². The van der Waals surface area contributed by atoms with Crippen LogP contribution in [0.15, 0.2) is 75.0 Å². The number of aromatic nitrogens is 3. The smallest absolute Gasteiger partial charge is 0.420 e. The minimum Gasteiger partial charge on any atom is -0.497 e. The lowest BCUT2D eigenvalue weighted by Gasteiger charge is -2.44. The molecule has 5 aromatic rings. The summed E-state index contributed by atoms with van der Waals surface area (Å²) in [6.07, 6.45) is -0.0920. The van der Waals surface area contributed by atoms with Crippen molar-refractivity contribution in [2.75, 3.05) is 31.6 Å². The Balaban J connectivity index is 1.40. The first-order valence-electron chi connectivity index (χ1n) is 14.0. The van der Waals surface area contributed by atoms with Crippen LogP contribution in [-0.4, -0.2) is 65.8 Å². The molecule has 1 atom stereocenters. The van der Waals surface area contributed by atoms with Gasteiger partial charge in [-0.15, -0.1) is 0 Å². The van der Waals surface area contributed by atoms with Crippen molar-refractivity contribution in [1.29, 1.82) is 0 Å². The number of benzene rings is 3. The van der Waals surface area contributed by atoms with Gasteiger partial charge in [0.15, 0.2) is 11.3 Å². The summed E-state index contributed by atoms with van der Waals surface area (Å²) >= 11 is 0.776. The summed E-state index contributed by atoms with van der Waals surface area (Å²) in [6, 6.07) is 12.0. The predicted octanol–water partition coefficient (Wildman–Crippen LogP) is 4.77. The van der Waals surface area contributed by atoms with Gasteiger partial charge in [-0.3, -0.25) is 4.57 Å². The number of carboxylic acid groups (broad SMARTS) is 1. The minimum atomic E-state index is -4.69. The normalized spacial score (nSPS) is 14.9. The molecule has 13 nitrogen and oxygen atoms in total. The Morgan fingerprint density at radius 3 is 2.57 bits per heavy atom. The van der Waals surface area contributed by atoms with E-state index in [9.17, 15) is 23.1 Å². The van der Waals surface area contributed by atoms with E-state index in [4.69, 9.17) is 13.9 Å². The lowest BCUT2D eigenvalue weighted by Crippen LogP contribution is -2.58. The number of likely N-dealkylation sites (tertiary alicyclic amines) is 1. The fourth-order valence-corrected chi connectivity index (χ4v) is 7.85. The number of ether oxygens (including phenoxy) is 2. The Labute approximate surface area is 270 Å². The second-order valence-corrected chi connectivity index (χ2v) is 13.4. The highest BCUT2D eigenvalue weighted by molar-refractivity contribution is 7.93. The quantitative estimate of drug-likeness (QED) is 0.217. The molecule has 3 heterocycles. The molecule has 1 amide bonds. The third kappa shape index (κ3) is 5.54. The number of alkyl halides is 1. The Morgan fingerprint density at radius 1 is 1.17 bits per heavy atom. The summed E-state index contributed by atoms with van der Waals surface area (Å²) < 4.78 is 81.9. The Bertz CT molecular complexity index is 2150. The molecule has 1 saturated heterocycles. The molecule has 6 rings (SSSR count). The predicted molar refractivity (Wildman–Crippen MR) is 166 cm³/mol. The van der Waals surface area contributed by atoms with Crippen LogP contribution in [0.1, 0.15) is 29.7 Å². The zero-order chi connectivity index (χ0) is 33.7. The maximum Gasteiger partial charge on any atom is 0.420 e. The second-order valence-electron chi connectivity index (χ2n) is 10.8. The number of hydrogen-bond donors (Lipinski definition) is 1. The van der Waals surface area contributed by atoms with Crippen molar-refractivity contribution in [3.8, 4) is 11.5 Å². The van der Waals surface area contributed by atoms with Crippen LogP contribution < -0.4 is 19.5 Å². The second kappa shape index (κ2) is 12.0. The SMILES string of the molecule is COc1ccc(CN(c2ncns2)S(=O)(=O)c2cc3oc(=O)n(C(C)c4ccccc4C4(F)CN(C(=O)O)C4)c3cc2F)c(OC)c1. The van der Waals surface area contributed by atoms with Crippen LogP contribution in [0, 0.1) is 5.82 Å². The van der Waals surface area contributed by atoms with Crippen LogP contribution in [0.2, 0.25) is 0 Å². The van der Waals surface area contributed by atoms with Crippen molar-refractivity contribution >= 4 is 43.9 Å². The average Bonchev–Trinajstić information content (AvgIpc) is 3.68. The molecule has 2 aromatic heterocycles. The largest absolute Gasteiger partial charge is 0.497 e. The number of nitrogens with zero attached hydrogens (tertiary/aromatic N) is 5. The Morgan fingerprint density at radius 2 is 1.91 bits per heavy atom. The van der Waals surface area contributed by atoms with Crippen LogP contribution in [0.25, 0.3) is 11.1 Å². The lowest BCUT2D eigenvalue weighted by molar-refractivity contribution is -0.0246. The minimum absolute atomic E-state index is 0.0516. The zero-order valence-electron chi connectivity index (χ0n) is 25.1. The molecule has 47 heavy (non-hydrogen) atoms. The fraction of sp³-hybridized carbons (Fsp3) is 0.267. The van der Waals surface area contributed by atoms with Crippen molar-refractivity contribution < 1.29 is 41.0 Å². The Hall–Kier alpha value is -5.03. The molecular formula is C30H27F2N5O8S2. The van der Waals surface area contributed by atoms with E-state index < -0.39 is 57.4 Å². The molecule has 0 bridgehead atoms. The van der Waals surface area contributed by atoms with Gasteiger partial charge >= 0.3 is 11.8 Å². The monoisotopic (exact) mass is 687 g/mol. The number of fused-ring (bicyclic) bond motifs is 1. The summed E-state index contributed by atoms with van der Waals surface area (Å²) in [5, 5.41) is 9.16. The van der Waals surface area contributed by atoms with Gasteiger partial charge in [0.2, 0.25) is 5.13 Å². The van der Waals surface area contributed by atoms with Crippen LogP contribution in [0.4, 0.5) is 18.7 Å². The highest BCUT2D eigenvalue weighted by Gasteiger charge is 2.49. The van der Waals surface area contributed by atoms with Gasteiger partial charge in [0.1, 0.15) is 28.5 Å². The zero-order valence-corrected chi connectivity index (χ0v) is 26.7. The van der Waals surface area contributed by atoms with Crippen molar-refractivity contribution in [3.05, 3.63) is 94.0 Å². The van der Waals surface area contributed by atoms with Crippen LogP contribution in [0.3, 0.4) is 0 Å². The maximum atomic E-state index is 15.9. The molecular weight excluding hydrogens is 660 g/mol. The molecule has 1 aliphatic heterocycles. The van der Waals surface area contributed by atoms with Crippen molar-refractivity contribution in [2.45, 2.75) is 30.1 Å². The fourth-order valence-electron chi connectivity index (χ4n) is 5.66. The summed E-state index contributed by atoms with van der Waals surface area (Å²) in [4.78, 5) is 28.7. The molecule has 1 unspecified atom stereocenters. The molecule has 246 valence electrons. The van der Waals surface area contributed by atoms with Gasteiger partial charge in [0, 0.05) is 35.3 Å². The van der Waals surface area contributed by atoms with E-state index in [0.717, 1.165) is 43.8 Å². The first-order chi connectivity index (χ1) is 22.4. The number of methoxy groups -OCH3 is 2. The van der Waals surface area contributed by atoms with E-state index in [1.807, 2.05) is 0 Å². The number of hydrogen-bond acceptors (Lipinski definition) is 10. The van der Waals surface area contributed by atoms with E-state index in [-0.39, 0.29) is 28.3 Å². The average molecular weight is 688 g/mol. The molecule has 0 spiro atoms. The summed E-state index contributed by atoms with van der Waals surface area (Å²) in [5.74, 6) is -1.33. The molecule has 1 N–H and O–H groups in total. The molecule has 1 aliphatic rings. The number of sulfonamides is 1. The number of halogens is 2. The lowest BCUT2D eigenvalue weighted by atomic mass is 9.83. The van der Waals surface area contributed by atoms with E-state index in [2.05, 4.69) is 9.36 Å². The summed E-state index contributed by atoms with van der Waals surface area (Å²) in [7, 11) is -1.81. The summed E-state index contributed by atoms with van der Waals surface area (Å²) in [6.45, 7) is 0.479. The number of oxazole rings is 1. The molecule has 3 aromatic carbocycles. The number of carbonyl (C=O) groups is 1. The third-order valence-electron chi connectivity index (χ3n) is 8.04. The molecule has 1 fully saturated rings. The number of rotatable bonds is 10. The molecule has 0 aliphatic carbocycles. The molecule has 17 heteroatoms. The van der Waals surface area contributed by atoms with E-state index >= 15 is 8.78 Å². The summed E-state index contributed by atoms with van der Waals surface area (Å²) in [5.41, 5.74) is -1.36. The Kier molecular flexibility index (Phi) is 8.13. The van der Waals surface area contributed by atoms with Gasteiger partial charge in [0.25, 0.3) is 10.0 Å². The van der Waals surface area contributed by atoms with Gasteiger partial charge in [-0.2, -0.15) is 4.37 Å². The van der Waals surface area contributed by atoms with Gasteiger partial charge in [0.05, 0.1) is 45.4 Å². The van der Waals surface area contributed by atoms with Crippen LogP contribution >= 0.6 is 11.5 Å². The van der Waals surface area contributed by atoms with E-state index in [1.54, 1.807) is 43.3 Å². The van der Waals surface area contributed by atoms with Gasteiger partial charge < -0.3 is 23.9 Å². The highest BCUT2D eigenvalue weighted by atomic mass is 32.2. The van der Waals surface area contributed by atoms with Crippen molar-refractivity contribution in [3.63, 3.8) is 0 Å². The van der Waals surface area contributed by atoms with Crippen LogP contribution in [-0.2, 0) is 22.2 Å². The molecule has 0 saturated carbocycles.